The molecule has 0 bridgehead atoms. The molecule has 0 spiro atoms. The molecule has 0 fully saturated rings. The van der Waals surface area contributed by atoms with Crippen LogP contribution in [0.5, 0.6) is 0 Å². The van der Waals surface area contributed by atoms with Gasteiger partial charge >= 0.3 is 0 Å². The molecule has 0 radical (unpaired) electrons. The van der Waals surface area contributed by atoms with Crippen molar-refractivity contribution in [1.82, 2.24) is 0 Å². The molecule has 0 aliphatic heterocycles. The summed E-state index contributed by atoms with van der Waals surface area (Å²) in [5.74, 6) is 0. The molecule has 0 saturated carbocycles. The number of para-hydroxylation sites is 6. The quantitative estimate of drug-likeness (QED) is 0.0793. The highest BCUT2D eigenvalue weighted by Gasteiger charge is 2.15. The maximum atomic E-state index is 2.33. The Hall–Kier alpha value is -11.5. The topological polar surface area (TPSA) is 9.72 Å². The molecular formula is C84H63N3. The second kappa shape index (κ2) is 26.4. The molecule has 0 aromatic heterocycles. The summed E-state index contributed by atoms with van der Waals surface area (Å²) in [5.41, 5.74) is 23.8. The van der Waals surface area contributed by atoms with Crippen LogP contribution in [0.2, 0.25) is 0 Å². The monoisotopic (exact) mass is 1110 g/mol. The number of nitrogens with zero attached hydrogens (tertiary/aromatic N) is 3. The largest absolute Gasteiger partial charge is 0.311 e. The summed E-state index contributed by atoms with van der Waals surface area (Å²) in [6, 6.07) is 123. The lowest BCUT2D eigenvalue weighted by Crippen LogP contribution is -2.09. The maximum Gasteiger partial charge on any atom is 0.0462 e. The molecule has 0 aliphatic carbocycles. The number of hydrogen-bond donors (Lipinski definition) is 0. The number of benzene rings is 13. The number of rotatable bonds is 18. The lowest BCUT2D eigenvalue weighted by molar-refractivity contribution is 1.28. The Morgan fingerprint density at radius 1 is 0.138 bits per heavy atom. The van der Waals surface area contributed by atoms with Crippen molar-refractivity contribution in [3.63, 3.8) is 0 Å². The van der Waals surface area contributed by atoms with Crippen molar-refractivity contribution in [2.45, 2.75) is 0 Å². The van der Waals surface area contributed by atoms with Crippen molar-refractivity contribution in [3.05, 3.63) is 379 Å². The molecule has 13 aromatic carbocycles. The first-order chi connectivity index (χ1) is 43.1. The molecule has 0 amide bonds. The van der Waals surface area contributed by atoms with Crippen LogP contribution in [0, 0.1) is 0 Å². The third kappa shape index (κ3) is 13.3. The van der Waals surface area contributed by atoms with Gasteiger partial charge in [-0.05, 0) is 194 Å². The van der Waals surface area contributed by atoms with Crippen LogP contribution in [0.15, 0.2) is 346 Å². The van der Waals surface area contributed by atoms with Crippen molar-refractivity contribution in [3.8, 4) is 33.4 Å². The fourth-order valence-corrected chi connectivity index (χ4v) is 11.1. The van der Waals surface area contributed by atoms with Crippen LogP contribution >= 0.6 is 0 Å². The lowest BCUT2D eigenvalue weighted by Gasteiger charge is -2.25. The van der Waals surface area contributed by atoms with E-state index in [-0.39, 0.29) is 0 Å². The van der Waals surface area contributed by atoms with Gasteiger partial charge in [-0.3, -0.25) is 0 Å². The highest BCUT2D eigenvalue weighted by atomic mass is 15.2. The van der Waals surface area contributed by atoms with Crippen LogP contribution in [-0.4, -0.2) is 0 Å². The van der Waals surface area contributed by atoms with Gasteiger partial charge in [-0.2, -0.15) is 0 Å². The molecule has 0 saturated heterocycles. The van der Waals surface area contributed by atoms with Crippen LogP contribution in [0.4, 0.5) is 51.2 Å². The highest BCUT2D eigenvalue weighted by Crippen LogP contribution is 2.39. The van der Waals surface area contributed by atoms with Crippen LogP contribution in [0.25, 0.3) is 69.8 Å². The van der Waals surface area contributed by atoms with Crippen LogP contribution in [-0.2, 0) is 0 Å². The zero-order valence-corrected chi connectivity index (χ0v) is 48.2. The van der Waals surface area contributed by atoms with E-state index in [4.69, 9.17) is 0 Å². The summed E-state index contributed by atoms with van der Waals surface area (Å²) in [6.07, 6.45) is 13.2. The predicted molar refractivity (Wildman–Crippen MR) is 373 cm³/mol. The molecule has 0 N–H and O–H groups in total. The minimum absolute atomic E-state index is 1.11. The van der Waals surface area contributed by atoms with Gasteiger partial charge in [0.25, 0.3) is 0 Å². The molecule has 0 aliphatic rings. The summed E-state index contributed by atoms with van der Waals surface area (Å²) < 4.78 is 0. The average molecular weight is 1110 g/mol. The fraction of sp³-hybridized carbons (Fsp3) is 0. The van der Waals surface area contributed by atoms with Crippen molar-refractivity contribution >= 4 is 87.6 Å². The smallest absolute Gasteiger partial charge is 0.0462 e. The molecule has 13 aromatic rings. The number of hydrogen-bond acceptors (Lipinski definition) is 3. The van der Waals surface area contributed by atoms with Crippen molar-refractivity contribution in [2.75, 3.05) is 14.7 Å². The van der Waals surface area contributed by atoms with E-state index in [1.807, 2.05) is 0 Å². The lowest BCUT2D eigenvalue weighted by atomic mass is 9.92. The standard InChI is InChI=1S/C84H63N3/c1-7-19-76(20-8-1)85(77-21-9-2-10-22-77)82-55-43-67(44-56-82)34-31-64-37-49-70(50-38-64)73-61-74(71-51-39-65(40-52-71)32-35-68-45-57-83(58-46-68)86(78-23-11-3-12-24-78)79-25-13-4-14-26-79)63-75(62-73)72-53-41-66(42-54-72)33-36-69-47-59-84(60-48-69)87(80-27-15-5-16-28-80)81-29-17-6-18-30-81/h1-63H/b34-31+,35-32+,36-33+. The molecule has 13 rings (SSSR count). The first-order valence-electron chi connectivity index (χ1n) is 29.6. The van der Waals surface area contributed by atoms with E-state index in [0.29, 0.717) is 0 Å². The third-order valence-electron chi connectivity index (χ3n) is 15.6. The average Bonchev–Trinajstić information content (AvgIpc) is 3.51. The van der Waals surface area contributed by atoms with E-state index < -0.39 is 0 Å². The minimum atomic E-state index is 1.11. The van der Waals surface area contributed by atoms with Crippen molar-refractivity contribution in [2.24, 2.45) is 0 Å². The van der Waals surface area contributed by atoms with Crippen molar-refractivity contribution < 1.29 is 0 Å². The Labute approximate surface area is 512 Å². The Kier molecular flexibility index (Phi) is 16.6. The molecule has 3 nitrogen and oxygen atoms in total. The third-order valence-corrected chi connectivity index (χ3v) is 15.6. The molecule has 0 unspecified atom stereocenters. The Balaban J connectivity index is 0.750. The molecule has 0 atom stereocenters. The number of anilines is 9. The van der Waals surface area contributed by atoms with E-state index in [2.05, 4.69) is 397 Å². The first-order valence-corrected chi connectivity index (χ1v) is 29.6. The zero-order chi connectivity index (χ0) is 58.4. The van der Waals surface area contributed by atoms with E-state index in [0.717, 1.165) is 118 Å². The van der Waals surface area contributed by atoms with Gasteiger partial charge in [0, 0.05) is 51.2 Å². The van der Waals surface area contributed by atoms with Gasteiger partial charge in [0.05, 0.1) is 0 Å². The molecule has 414 valence electrons. The normalized spacial score (nSPS) is 11.3. The maximum absolute atomic E-state index is 2.33. The Morgan fingerprint density at radius 3 is 0.460 bits per heavy atom. The van der Waals surface area contributed by atoms with E-state index in [1.54, 1.807) is 0 Å². The van der Waals surface area contributed by atoms with E-state index >= 15 is 0 Å². The Morgan fingerprint density at radius 2 is 0.287 bits per heavy atom. The molecule has 87 heavy (non-hydrogen) atoms. The molecular weight excluding hydrogens is 1050 g/mol. The van der Waals surface area contributed by atoms with E-state index in [9.17, 15) is 0 Å². The first kappa shape index (κ1) is 54.7. The summed E-state index contributed by atoms with van der Waals surface area (Å²) in [4.78, 5) is 6.86. The molecule has 0 heterocycles. The second-order valence-electron chi connectivity index (χ2n) is 21.5. The molecule has 3 heteroatoms. The van der Waals surface area contributed by atoms with Crippen LogP contribution in [0.1, 0.15) is 33.4 Å². The van der Waals surface area contributed by atoms with Gasteiger partial charge in [-0.1, -0.05) is 255 Å². The van der Waals surface area contributed by atoms with Gasteiger partial charge in [-0.25, -0.2) is 0 Å². The SMILES string of the molecule is C(=C\c1ccc(N(c2ccccc2)c2ccccc2)cc1)/c1ccc(-c2cc(-c3ccc(/C=C/c4ccc(N(c5ccccc5)c5ccccc5)cc4)cc3)cc(-c3ccc(/C=C/c4ccc(N(c5ccccc5)c5ccccc5)cc4)cc3)c2)cc1. The fourth-order valence-electron chi connectivity index (χ4n) is 11.1. The van der Waals surface area contributed by atoms with Gasteiger partial charge in [0.1, 0.15) is 0 Å². The van der Waals surface area contributed by atoms with Gasteiger partial charge < -0.3 is 14.7 Å². The second-order valence-corrected chi connectivity index (χ2v) is 21.5. The van der Waals surface area contributed by atoms with E-state index in [1.165, 1.54) is 0 Å². The summed E-state index contributed by atoms with van der Waals surface area (Å²) in [5, 5.41) is 0. The zero-order valence-electron chi connectivity index (χ0n) is 48.2. The van der Waals surface area contributed by atoms with Crippen molar-refractivity contribution in [1.29, 1.82) is 0 Å². The van der Waals surface area contributed by atoms with Crippen LogP contribution in [0.3, 0.4) is 0 Å². The Bertz CT molecular complexity index is 3800. The van der Waals surface area contributed by atoms with Gasteiger partial charge in [0.15, 0.2) is 0 Å². The minimum Gasteiger partial charge on any atom is -0.311 e. The summed E-state index contributed by atoms with van der Waals surface area (Å²) in [6.45, 7) is 0. The predicted octanol–water partition coefficient (Wildman–Crippen LogP) is 23.6. The summed E-state index contributed by atoms with van der Waals surface area (Å²) in [7, 11) is 0. The van der Waals surface area contributed by atoms with Gasteiger partial charge in [0.2, 0.25) is 0 Å². The summed E-state index contributed by atoms with van der Waals surface area (Å²) >= 11 is 0. The van der Waals surface area contributed by atoms with Crippen LogP contribution < -0.4 is 14.7 Å². The van der Waals surface area contributed by atoms with Gasteiger partial charge in [-0.15, -0.1) is 0 Å². The highest BCUT2D eigenvalue weighted by molar-refractivity contribution is 5.85.